The topological polar surface area (TPSA) is 92.3 Å². The van der Waals surface area contributed by atoms with E-state index in [1.54, 1.807) is 19.1 Å². The number of hydrogen-bond acceptors (Lipinski definition) is 5. The highest BCUT2D eigenvalue weighted by molar-refractivity contribution is 7.99. The Labute approximate surface area is 175 Å². The van der Waals surface area contributed by atoms with Gasteiger partial charge in [0, 0.05) is 28.7 Å². The molecule has 2 aromatic carbocycles. The van der Waals surface area contributed by atoms with E-state index in [0.717, 1.165) is 16.0 Å². The van der Waals surface area contributed by atoms with Crippen molar-refractivity contribution < 1.29 is 18.0 Å². The highest BCUT2D eigenvalue weighted by Crippen LogP contribution is 2.33. The summed E-state index contributed by atoms with van der Waals surface area (Å²) in [5.74, 6) is -0.875. The number of aryl methyl sites for hydroxylation is 1. The van der Waals surface area contributed by atoms with E-state index in [1.165, 1.54) is 23.9 Å². The smallest absolute Gasteiger partial charge is 0.228 e. The number of benzene rings is 2. The molecule has 29 heavy (non-hydrogen) atoms. The normalized spacial score (nSPS) is 15.1. The van der Waals surface area contributed by atoms with Crippen LogP contribution in [0.15, 0.2) is 46.2 Å². The summed E-state index contributed by atoms with van der Waals surface area (Å²) in [5, 5.41) is 5.58. The maximum Gasteiger partial charge on any atom is 0.228 e. The Bertz CT molecular complexity index is 1060. The Hall–Kier alpha value is -2.32. The van der Waals surface area contributed by atoms with Gasteiger partial charge in [-0.2, -0.15) is 0 Å². The molecule has 0 fully saturated rings. The van der Waals surface area contributed by atoms with Crippen LogP contribution in [0.5, 0.6) is 0 Å². The third-order valence-electron chi connectivity index (χ3n) is 4.95. The van der Waals surface area contributed by atoms with E-state index in [-0.39, 0.29) is 22.5 Å². The number of carbonyl (C=O) groups excluding carboxylic acids is 2. The maximum absolute atomic E-state index is 12.9. The Morgan fingerprint density at radius 1 is 1.24 bits per heavy atom. The summed E-state index contributed by atoms with van der Waals surface area (Å²) in [6, 6.07) is 10.3. The van der Waals surface area contributed by atoms with Gasteiger partial charge in [0.2, 0.25) is 11.8 Å². The van der Waals surface area contributed by atoms with Crippen molar-refractivity contribution in [2.45, 2.75) is 37.0 Å². The van der Waals surface area contributed by atoms with E-state index >= 15 is 0 Å². The molecule has 1 atom stereocenters. The molecular formula is C21H24N2O4S2. The molecule has 6 nitrogen and oxygen atoms in total. The molecule has 3 rings (SSSR count). The molecule has 1 heterocycles. The summed E-state index contributed by atoms with van der Waals surface area (Å²) in [7, 11) is -3.70. The number of thioether (sulfide) groups is 1. The molecule has 0 spiro atoms. The van der Waals surface area contributed by atoms with Crippen molar-refractivity contribution >= 4 is 44.8 Å². The number of fused-ring (bicyclic) bond motifs is 1. The number of carbonyl (C=O) groups is 2. The molecule has 0 aliphatic carbocycles. The fourth-order valence-corrected chi connectivity index (χ4v) is 5.55. The van der Waals surface area contributed by atoms with Gasteiger partial charge in [-0.15, -0.1) is 11.8 Å². The zero-order chi connectivity index (χ0) is 21.2. The minimum Gasteiger partial charge on any atom is -0.326 e. The molecule has 0 aromatic heterocycles. The molecule has 0 saturated heterocycles. The van der Waals surface area contributed by atoms with Crippen LogP contribution >= 0.6 is 11.8 Å². The molecule has 1 unspecified atom stereocenters. The van der Waals surface area contributed by atoms with Gasteiger partial charge in [0.1, 0.15) is 0 Å². The fraction of sp³-hybridized carbons (Fsp3) is 0.333. The van der Waals surface area contributed by atoms with E-state index in [2.05, 4.69) is 10.6 Å². The Kier molecular flexibility index (Phi) is 6.33. The van der Waals surface area contributed by atoms with Crippen molar-refractivity contribution in [2.24, 2.45) is 5.92 Å². The first kappa shape index (κ1) is 21.4. The molecule has 0 bridgehead atoms. The minimum atomic E-state index is -3.70. The van der Waals surface area contributed by atoms with Crippen molar-refractivity contribution in [3.63, 3.8) is 0 Å². The molecule has 0 saturated carbocycles. The van der Waals surface area contributed by atoms with Gasteiger partial charge in [0.25, 0.3) is 0 Å². The first-order valence-electron chi connectivity index (χ1n) is 9.34. The van der Waals surface area contributed by atoms with Crippen molar-refractivity contribution in [3.05, 3.63) is 47.5 Å². The van der Waals surface area contributed by atoms with E-state index in [0.29, 0.717) is 23.5 Å². The van der Waals surface area contributed by atoms with Crippen LogP contribution in [0.3, 0.4) is 0 Å². The quantitative estimate of drug-likeness (QED) is 0.750. The van der Waals surface area contributed by atoms with E-state index in [9.17, 15) is 18.0 Å². The predicted molar refractivity (Wildman–Crippen MR) is 116 cm³/mol. The van der Waals surface area contributed by atoms with E-state index in [1.807, 2.05) is 26.0 Å². The second-order valence-electron chi connectivity index (χ2n) is 7.22. The van der Waals surface area contributed by atoms with Gasteiger partial charge >= 0.3 is 0 Å². The molecule has 8 heteroatoms. The van der Waals surface area contributed by atoms with E-state index in [4.69, 9.17) is 0 Å². The minimum absolute atomic E-state index is 0.102. The SMILES string of the molecule is Cc1cccc(NC(=O)C(C)CS(=O)(=O)c2ccc3c(c2)NC(=O)CCS3)c1C. The molecule has 0 radical (unpaired) electrons. The number of sulfone groups is 1. The van der Waals surface area contributed by atoms with Crippen LogP contribution in [-0.2, 0) is 19.4 Å². The van der Waals surface area contributed by atoms with Crippen molar-refractivity contribution in [1.82, 2.24) is 0 Å². The first-order valence-corrected chi connectivity index (χ1v) is 12.0. The summed E-state index contributed by atoms with van der Waals surface area (Å²) in [5.41, 5.74) is 3.19. The second kappa shape index (κ2) is 8.59. The van der Waals surface area contributed by atoms with Crippen LogP contribution in [0.1, 0.15) is 24.5 Å². The van der Waals surface area contributed by atoms with Gasteiger partial charge in [0.05, 0.1) is 16.3 Å². The molecule has 1 aliphatic rings. The lowest BCUT2D eigenvalue weighted by Gasteiger charge is -2.16. The zero-order valence-electron chi connectivity index (χ0n) is 16.6. The number of nitrogens with one attached hydrogen (secondary N) is 2. The van der Waals surface area contributed by atoms with Gasteiger partial charge in [-0.3, -0.25) is 9.59 Å². The molecular weight excluding hydrogens is 408 g/mol. The Morgan fingerprint density at radius 3 is 2.76 bits per heavy atom. The van der Waals surface area contributed by atoms with Crippen LogP contribution in [0.2, 0.25) is 0 Å². The number of rotatable bonds is 5. The van der Waals surface area contributed by atoms with Gasteiger partial charge in [-0.25, -0.2) is 8.42 Å². The Balaban J connectivity index is 1.75. The van der Waals surface area contributed by atoms with Crippen LogP contribution in [0.25, 0.3) is 0 Å². The summed E-state index contributed by atoms with van der Waals surface area (Å²) in [4.78, 5) is 25.3. The molecule has 154 valence electrons. The number of anilines is 2. The predicted octanol–water partition coefficient (Wildman–Crippen LogP) is 3.79. The number of hydrogen-bond donors (Lipinski definition) is 2. The highest BCUT2D eigenvalue weighted by Gasteiger charge is 2.25. The average molecular weight is 433 g/mol. The highest BCUT2D eigenvalue weighted by atomic mass is 32.2. The summed E-state index contributed by atoms with van der Waals surface area (Å²) >= 11 is 1.51. The summed E-state index contributed by atoms with van der Waals surface area (Å²) in [6.07, 6.45) is 0.386. The third-order valence-corrected chi connectivity index (χ3v) is 7.94. The lowest BCUT2D eigenvalue weighted by Crippen LogP contribution is -2.27. The zero-order valence-corrected chi connectivity index (χ0v) is 18.2. The fourth-order valence-electron chi connectivity index (χ4n) is 3.04. The summed E-state index contributed by atoms with van der Waals surface area (Å²) < 4.78 is 25.7. The van der Waals surface area contributed by atoms with Gasteiger partial charge in [0.15, 0.2) is 9.84 Å². The van der Waals surface area contributed by atoms with Crippen LogP contribution in [0, 0.1) is 19.8 Å². The first-order chi connectivity index (χ1) is 13.7. The van der Waals surface area contributed by atoms with Crippen molar-refractivity contribution in [3.8, 4) is 0 Å². The second-order valence-corrected chi connectivity index (χ2v) is 10.4. The van der Waals surface area contributed by atoms with Gasteiger partial charge in [-0.1, -0.05) is 19.1 Å². The third kappa shape index (κ3) is 5.00. The lowest BCUT2D eigenvalue weighted by atomic mass is 10.1. The van der Waals surface area contributed by atoms with Gasteiger partial charge < -0.3 is 10.6 Å². The summed E-state index contributed by atoms with van der Waals surface area (Å²) in [6.45, 7) is 5.46. The monoisotopic (exact) mass is 432 g/mol. The largest absolute Gasteiger partial charge is 0.326 e. The van der Waals surface area contributed by atoms with Crippen LogP contribution in [0.4, 0.5) is 11.4 Å². The lowest BCUT2D eigenvalue weighted by molar-refractivity contribution is -0.119. The van der Waals surface area contributed by atoms with Crippen LogP contribution < -0.4 is 10.6 Å². The maximum atomic E-state index is 12.9. The van der Waals surface area contributed by atoms with Crippen molar-refractivity contribution in [2.75, 3.05) is 22.1 Å². The van der Waals surface area contributed by atoms with E-state index < -0.39 is 15.8 Å². The number of amides is 2. The molecule has 2 N–H and O–H groups in total. The molecule has 2 amide bonds. The van der Waals surface area contributed by atoms with Crippen molar-refractivity contribution in [1.29, 1.82) is 0 Å². The molecule has 2 aromatic rings. The van der Waals surface area contributed by atoms with Gasteiger partial charge in [-0.05, 0) is 49.2 Å². The Morgan fingerprint density at radius 2 is 2.00 bits per heavy atom. The van der Waals surface area contributed by atoms with Crippen LogP contribution in [-0.4, -0.2) is 31.7 Å². The average Bonchev–Trinajstić information content (AvgIpc) is 2.84. The molecule has 1 aliphatic heterocycles. The standard InChI is InChI=1S/C21H24N2O4S2/c1-13-5-4-6-17(15(13)3)23-21(25)14(2)12-29(26,27)16-7-8-19-18(11-16)22-20(24)9-10-28-19/h4-8,11,14H,9-10,12H2,1-3H3,(H,22,24)(H,23,25).